The average molecular weight is 363 g/mol. The second-order valence-electron chi connectivity index (χ2n) is 5.55. The zero-order chi connectivity index (χ0) is 14.5. The highest BCUT2D eigenvalue weighted by atomic mass is 79.9. The van der Waals surface area contributed by atoms with Crippen LogP contribution in [0.3, 0.4) is 0 Å². The Balaban J connectivity index is 1.75. The number of sulfonamides is 1. The molecule has 2 fully saturated rings. The Morgan fingerprint density at radius 3 is 2.65 bits per heavy atom. The minimum Gasteiger partial charge on any atom is -0.443 e. The van der Waals surface area contributed by atoms with Crippen LogP contribution in [0.15, 0.2) is 20.0 Å². The van der Waals surface area contributed by atoms with Gasteiger partial charge in [0.1, 0.15) is 4.90 Å². The first kappa shape index (κ1) is 14.1. The first-order chi connectivity index (χ1) is 9.34. The normalized spacial score (nSPS) is 28.8. The van der Waals surface area contributed by atoms with Gasteiger partial charge >= 0.3 is 0 Å². The van der Waals surface area contributed by atoms with E-state index in [-0.39, 0.29) is 21.4 Å². The molecule has 0 radical (unpaired) electrons. The summed E-state index contributed by atoms with van der Waals surface area (Å²) in [6.45, 7) is 0. The van der Waals surface area contributed by atoms with E-state index in [2.05, 4.69) is 21.2 Å². The molecule has 110 valence electrons. The molecule has 2 aliphatic carbocycles. The Morgan fingerprint density at radius 1 is 1.40 bits per heavy atom. The van der Waals surface area contributed by atoms with Crippen LogP contribution >= 0.6 is 15.9 Å². The maximum absolute atomic E-state index is 12.1. The summed E-state index contributed by atoms with van der Waals surface area (Å²) in [4.78, 5) is 11.9. The van der Waals surface area contributed by atoms with Crippen molar-refractivity contribution in [3.8, 4) is 0 Å². The van der Waals surface area contributed by atoms with Crippen LogP contribution in [0.25, 0.3) is 0 Å². The van der Waals surface area contributed by atoms with Crippen molar-refractivity contribution in [2.24, 2.45) is 17.0 Å². The van der Waals surface area contributed by atoms with Crippen molar-refractivity contribution in [2.45, 2.75) is 36.6 Å². The van der Waals surface area contributed by atoms with E-state index in [1.807, 2.05) is 0 Å². The third kappa shape index (κ3) is 2.51. The van der Waals surface area contributed by atoms with E-state index in [1.165, 1.54) is 12.8 Å². The van der Waals surface area contributed by atoms with Crippen LogP contribution in [0.1, 0.15) is 36.2 Å². The lowest BCUT2D eigenvalue weighted by Crippen LogP contribution is -2.38. The second-order valence-corrected chi connectivity index (χ2v) is 7.80. The van der Waals surface area contributed by atoms with Crippen molar-refractivity contribution in [2.75, 3.05) is 0 Å². The lowest BCUT2D eigenvalue weighted by atomic mass is 9.95. The van der Waals surface area contributed by atoms with Gasteiger partial charge in [0.15, 0.2) is 10.4 Å². The fourth-order valence-corrected chi connectivity index (χ4v) is 4.82. The van der Waals surface area contributed by atoms with Gasteiger partial charge in [-0.15, -0.1) is 0 Å². The van der Waals surface area contributed by atoms with E-state index in [4.69, 9.17) is 9.56 Å². The van der Waals surface area contributed by atoms with Gasteiger partial charge in [-0.25, -0.2) is 13.6 Å². The Kier molecular flexibility index (Phi) is 3.42. The van der Waals surface area contributed by atoms with E-state index >= 15 is 0 Å². The minimum absolute atomic E-state index is 0.0383. The third-order valence-corrected chi connectivity index (χ3v) is 6.01. The van der Waals surface area contributed by atoms with Crippen molar-refractivity contribution in [1.29, 1.82) is 0 Å². The van der Waals surface area contributed by atoms with Crippen LogP contribution < -0.4 is 10.5 Å². The number of hydrogen-bond acceptors (Lipinski definition) is 4. The Labute approximate surface area is 125 Å². The zero-order valence-corrected chi connectivity index (χ0v) is 13.0. The molecule has 3 rings (SSSR count). The van der Waals surface area contributed by atoms with Gasteiger partial charge in [0, 0.05) is 12.1 Å². The van der Waals surface area contributed by atoms with Crippen LogP contribution in [0.2, 0.25) is 0 Å². The van der Waals surface area contributed by atoms with E-state index in [9.17, 15) is 13.2 Å². The fourth-order valence-electron chi connectivity index (χ4n) is 3.32. The monoisotopic (exact) mass is 362 g/mol. The number of carbonyl (C=O) groups is 1. The van der Waals surface area contributed by atoms with E-state index in [0.717, 1.165) is 18.9 Å². The molecular weight excluding hydrogens is 348 g/mol. The van der Waals surface area contributed by atoms with Crippen LogP contribution in [-0.4, -0.2) is 20.4 Å². The number of furan rings is 1. The maximum Gasteiger partial charge on any atom is 0.287 e. The number of amides is 1. The smallest absolute Gasteiger partial charge is 0.287 e. The quantitative estimate of drug-likeness (QED) is 0.852. The molecule has 1 aromatic rings. The lowest BCUT2D eigenvalue weighted by molar-refractivity contribution is 0.0893. The summed E-state index contributed by atoms with van der Waals surface area (Å²) < 4.78 is 27.7. The van der Waals surface area contributed by atoms with E-state index in [1.54, 1.807) is 0 Å². The molecule has 0 spiro atoms. The molecule has 3 unspecified atom stereocenters. The van der Waals surface area contributed by atoms with Gasteiger partial charge < -0.3 is 9.73 Å². The Bertz CT molecular complexity index is 654. The molecule has 2 aliphatic rings. The predicted octanol–water partition coefficient (Wildman–Crippen LogP) is 1.61. The molecule has 2 saturated carbocycles. The van der Waals surface area contributed by atoms with Crippen molar-refractivity contribution >= 4 is 31.9 Å². The van der Waals surface area contributed by atoms with Crippen molar-refractivity contribution in [3.63, 3.8) is 0 Å². The van der Waals surface area contributed by atoms with E-state index in [0.29, 0.717) is 11.8 Å². The van der Waals surface area contributed by atoms with Gasteiger partial charge in [-0.1, -0.05) is 6.42 Å². The number of fused-ring (bicyclic) bond motifs is 2. The molecule has 2 bridgehead atoms. The molecule has 0 saturated heterocycles. The molecule has 1 heterocycles. The van der Waals surface area contributed by atoms with Crippen LogP contribution in [0, 0.1) is 11.8 Å². The second kappa shape index (κ2) is 4.85. The number of rotatable bonds is 3. The number of primary sulfonamides is 1. The van der Waals surface area contributed by atoms with Crippen molar-refractivity contribution in [1.82, 2.24) is 5.32 Å². The standard InChI is InChI=1S/C12H15BrN2O4S/c13-11-10(20(14,17)18)5-9(19-11)12(16)15-8-4-6-1-2-7(8)3-6/h5-8H,1-4H2,(H,15,16)(H2,14,17,18). The van der Waals surface area contributed by atoms with Gasteiger partial charge in [-0.3, -0.25) is 4.79 Å². The maximum atomic E-state index is 12.1. The number of carbonyl (C=O) groups excluding carboxylic acids is 1. The van der Waals surface area contributed by atoms with Gasteiger partial charge in [-0.05, 0) is 47.0 Å². The Morgan fingerprint density at radius 2 is 2.15 bits per heavy atom. The summed E-state index contributed by atoms with van der Waals surface area (Å²) in [6, 6.07) is 1.32. The van der Waals surface area contributed by atoms with Gasteiger partial charge in [0.2, 0.25) is 10.0 Å². The predicted molar refractivity (Wildman–Crippen MR) is 74.5 cm³/mol. The summed E-state index contributed by atoms with van der Waals surface area (Å²) in [7, 11) is -3.90. The molecule has 3 N–H and O–H groups in total. The summed E-state index contributed by atoms with van der Waals surface area (Å²) >= 11 is 2.96. The van der Waals surface area contributed by atoms with Gasteiger partial charge in [0.25, 0.3) is 5.91 Å². The van der Waals surface area contributed by atoms with E-state index < -0.39 is 15.9 Å². The Hall–Kier alpha value is -0.860. The molecule has 8 heteroatoms. The zero-order valence-electron chi connectivity index (χ0n) is 10.6. The van der Waals surface area contributed by atoms with Crippen molar-refractivity contribution < 1.29 is 17.6 Å². The number of nitrogens with two attached hydrogens (primary N) is 1. The highest BCUT2D eigenvalue weighted by Crippen LogP contribution is 2.44. The number of nitrogens with one attached hydrogen (secondary N) is 1. The number of halogens is 1. The fraction of sp³-hybridized carbons (Fsp3) is 0.583. The molecule has 3 atom stereocenters. The third-order valence-electron chi connectivity index (χ3n) is 4.24. The molecule has 0 aromatic carbocycles. The molecule has 1 aromatic heterocycles. The lowest BCUT2D eigenvalue weighted by Gasteiger charge is -2.22. The summed E-state index contributed by atoms with van der Waals surface area (Å²) in [5, 5.41) is 7.96. The highest BCUT2D eigenvalue weighted by molar-refractivity contribution is 9.10. The molecule has 20 heavy (non-hydrogen) atoms. The van der Waals surface area contributed by atoms with Crippen molar-refractivity contribution in [3.05, 3.63) is 16.5 Å². The van der Waals surface area contributed by atoms with Gasteiger partial charge in [0.05, 0.1) is 0 Å². The number of hydrogen-bond donors (Lipinski definition) is 2. The summed E-state index contributed by atoms with van der Waals surface area (Å²) in [6.07, 6.45) is 4.58. The van der Waals surface area contributed by atoms with Crippen LogP contribution in [0.5, 0.6) is 0 Å². The molecule has 0 aliphatic heterocycles. The SMILES string of the molecule is NS(=O)(=O)c1cc(C(=O)NC2CC3CCC2C3)oc1Br. The molecular formula is C12H15BrN2O4S. The minimum atomic E-state index is -3.90. The molecule has 1 amide bonds. The first-order valence-electron chi connectivity index (χ1n) is 6.47. The first-order valence-corrected chi connectivity index (χ1v) is 8.81. The largest absolute Gasteiger partial charge is 0.443 e. The van der Waals surface area contributed by atoms with Crippen LogP contribution in [0.4, 0.5) is 0 Å². The molecule has 6 nitrogen and oxygen atoms in total. The average Bonchev–Trinajstić information content (AvgIpc) is 3.01. The van der Waals surface area contributed by atoms with Gasteiger partial charge in [-0.2, -0.15) is 0 Å². The van der Waals surface area contributed by atoms with Crippen LogP contribution in [-0.2, 0) is 10.0 Å². The highest BCUT2D eigenvalue weighted by Gasteiger charge is 2.40. The summed E-state index contributed by atoms with van der Waals surface area (Å²) in [5.74, 6) is 0.829. The topological polar surface area (TPSA) is 102 Å². The summed E-state index contributed by atoms with van der Waals surface area (Å²) in [5.41, 5.74) is 0.